The predicted octanol–water partition coefficient (Wildman–Crippen LogP) is 2.00. The Balaban J connectivity index is 0. The van der Waals surface area contributed by atoms with Crippen LogP contribution < -0.4 is 0 Å². The van der Waals surface area contributed by atoms with E-state index in [9.17, 15) is 0 Å². The van der Waals surface area contributed by atoms with Gasteiger partial charge in [-0.1, -0.05) is 32.3 Å². The van der Waals surface area contributed by atoms with Gasteiger partial charge in [0.05, 0.1) is 0 Å². The number of aliphatic hydroxyl groups excluding tert-OH is 1. The van der Waals surface area contributed by atoms with Crippen molar-refractivity contribution >= 4 is 0 Å². The Bertz CT molecular complexity index is 123. The van der Waals surface area contributed by atoms with E-state index in [1.807, 2.05) is 0 Å². The molecule has 0 aromatic heterocycles. The number of hydrogen-bond acceptors (Lipinski definition) is 2. The molecule has 1 fully saturated rings. The summed E-state index contributed by atoms with van der Waals surface area (Å²) in [4.78, 5) is 2.30. The fourth-order valence-electron chi connectivity index (χ4n) is 1.93. The summed E-state index contributed by atoms with van der Waals surface area (Å²) < 4.78 is 0. The van der Waals surface area contributed by atoms with Gasteiger partial charge >= 0.3 is 18.6 Å². The van der Waals surface area contributed by atoms with Crippen molar-refractivity contribution in [2.45, 2.75) is 25.7 Å². The van der Waals surface area contributed by atoms with Crippen LogP contribution in [-0.2, 0) is 18.6 Å². The number of hydrogen-bond donors (Lipinski definition) is 1. The van der Waals surface area contributed by atoms with Crippen molar-refractivity contribution < 1.29 is 23.7 Å². The van der Waals surface area contributed by atoms with Crippen LogP contribution in [0.4, 0.5) is 0 Å². The molecule has 0 amide bonds. The Kier molecular flexibility index (Phi) is 13.1. The van der Waals surface area contributed by atoms with E-state index in [1.165, 1.54) is 32.2 Å². The zero-order valence-corrected chi connectivity index (χ0v) is 11.5. The third-order valence-electron chi connectivity index (χ3n) is 2.59. The average molecular weight is 250 g/mol. The molecule has 15 heavy (non-hydrogen) atoms. The Morgan fingerprint density at radius 1 is 1.20 bits per heavy atom. The molecule has 0 aromatic carbocycles. The Labute approximate surface area is 107 Å². The minimum absolute atomic E-state index is 0. The van der Waals surface area contributed by atoms with E-state index in [-0.39, 0.29) is 25.2 Å². The third-order valence-corrected chi connectivity index (χ3v) is 2.59. The zero-order valence-electron chi connectivity index (χ0n) is 10.2. The van der Waals surface area contributed by atoms with Gasteiger partial charge in [-0.25, -0.2) is 0 Å². The third kappa shape index (κ3) is 10.8. The summed E-state index contributed by atoms with van der Waals surface area (Å²) >= 11 is 0. The first-order valence-electron chi connectivity index (χ1n) is 5.48. The minimum Gasteiger partial charge on any atom is -0.428 e. The van der Waals surface area contributed by atoms with Crippen molar-refractivity contribution in [3.8, 4) is 0 Å². The van der Waals surface area contributed by atoms with Crippen LogP contribution in [0.2, 0.25) is 0 Å². The van der Waals surface area contributed by atoms with Gasteiger partial charge < -0.3 is 23.9 Å². The van der Waals surface area contributed by atoms with Gasteiger partial charge in [-0.3, -0.25) is 0 Å². The second-order valence-electron chi connectivity index (χ2n) is 4.37. The maximum absolute atomic E-state index is 7.46. The summed E-state index contributed by atoms with van der Waals surface area (Å²) in [6.45, 7) is 8.41. The second-order valence-corrected chi connectivity index (χ2v) is 4.37. The molecule has 0 aromatic rings. The second kappa shape index (κ2) is 11.0. The monoisotopic (exact) mass is 250 g/mol. The van der Waals surface area contributed by atoms with Crippen LogP contribution in [0, 0.1) is 25.7 Å². The molecular formula is C12H25NOV. The van der Waals surface area contributed by atoms with Crippen molar-refractivity contribution in [3.05, 3.63) is 13.8 Å². The molecule has 89 valence electrons. The number of nitrogens with zero attached hydrogens (tertiary/aromatic N) is 1. The first-order chi connectivity index (χ1) is 6.60. The van der Waals surface area contributed by atoms with Crippen LogP contribution in [0.5, 0.6) is 0 Å². The van der Waals surface area contributed by atoms with Crippen LogP contribution in [0.3, 0.4) is 0 Å². The van der Waals surface area contributed by atoms with Crippen LogP contribution in [0.1, 0.15) is 25.7 Å². The van der Waals surface area contributed by atoms with Crippen LogP contribution in [0.25, 0.3) is 0 Å². The van der Waals surface area contributed by atoms with Gasteiger partial charge in [0, 0.05) is 6.54 Å². The summed E-state index contributed by atoms with van der Waals surface area (Å²) in [6.07, 6.45) is 5.48. The average Bonchev–Trinajstić information content (AvgIpc) is 2.09. The van der Waals surface area contributed by atoms with Crippen molar-refractivity contribution in [1.29, 1.82) is 0 Å². The van der Waals surface area contributed by atoms with E-state index >= 15 is 0 Å². The van der Waals surface area contributed by atoms with E-state index < -0.39 is 0 Å². The SMILES string of the molecule is [CH2-]C1CCC(CN(C)C)CC1.[CH2-]CO.[V+2]. The molecule has 1 aliphatic rings. The molecule has 1 N–H and O–H groups in total. The molecule has 0 saturated heterocycles. The molecule has 0 atom stereocenters. The summed E-state index contributed by atoms with van der Waals surface area (Å²) in [5, 5.41) is 7.46. The fraction of sp³-hybridized carbons (Fsp3) is 0.833. The molecule has 1 saturated carbocycles. The van der Waals surface area contributed by atoms with Crippen molar-refractivity contribution in [2.24, 2.45) is 11.8 Å². The first-order valence-corrected chi connectivity index (χ1v) is 5.48. The standard InChI is InChI=1S/C10H20N.C2H5O.V/c1-9-4-6-10(7-5-9)8-11(2)3;1-2-3;/h9-10H,1,4-8H2,2-3H3;3H,1-2H2;/q2*-1;+2. The molecule has 0 aliphatic heterocycles. The molecule has 1 rings (SSSR count). The minimum atomic E-state index is 0. The van der Waals surface area contributed by atoms with Gasteiger partial charge in [-0.2, -0.15) is 5.92 Å². The molecular weight excluding hydrogens is 225 g/mol. The van der Waals surface area contributed by atoms with Gasteiger partial charge in [0.2, 0.25) is 0 Å². The molecule has 0 bridgehead atoms. The van der Waals surface area contributed by atoms with Gasteiger partial charge in [0.25, 0.3) is 0 Å². The van der Waals surface area contributed by atoms with E-state index in [1.54, 1.807) is 0 Å². The normalized spacial score (nSPS) is 25.2. The quantitative estimate of drug-likeness (QED) is 0.758. The van der Waals surface area contributed by atoms with E-state index in [4.69, 9.17) is 5.11 Å². The molecule has 0 spiro atoms. The maximum Gasteiger partial charge on any atom is 2.00 e. The molecule has 1 aliphatic carbocycles. The summed E-state index contributed by atoms with van der Waals surface area (Å²) in [7, 11) is 4.33. The van der Waals surface area contributed by atoms with Crippen LogP contribution in [-0.4, -0.2) is 37.3 Å². The molecule has 0 heterocycles. The summed E-state index contributed by atoms with van der Waals surface area (Å²) in [6, 6.07) is 0. The smallest absolute Gasteiger partial charge is 0.428 e. The molecule has 0 unspecified atom stereocenters. The van der Waals surface area contributed by atoms with Gasteiger partial charge in [0.1, 0.15) is 0 Å². The number of aliphatic hydroxyl groups is 1. The Morgan fingerprint density at radius 2 is 1.60 bits per heavy atom. The van der Waals surface area contributed by atoms with Crippen molar-refractivity contribution in [2.75, 3.05) is 27.2 Å². The molecule has 1 radical (unpaired) electrons. The van der Waals surface area contributed by atoms with Gasteiger partial charge in [-0.05, 0) is 20.0 Å². The van der Waals surface area contributed by atoms with E-state index in [0.29, 0.717) is 0 Å². The van der Waals surface area contributed by atoms with Crippen molar-refractivity contribution in [1.82, 2.24) is 4.90 Å². The zero-order chi connectivity index (χ0) is 11.0. The first kappa shape index (κ1) is 17.9. The maximum atomic E-state index is 7.46. The Hall–Kier alpha value is 0.504. The number of rotatable bonds is 2. The largest absolute Gasteiger partial charge is 2.00 e. The van der Waals surface area contributed by atoms with Gasteiger partial charge in [0.15, 0.2) is 0 Å². The fourth-order valence-corrected chi connectivity index (χ4v) is 1.93. The topological polar surface area (TPSA) is 23.5 Å². The van der Waals surface area contributed by atoms with Gasteiger partial charge in [-0.15, -0.1) is 0 Å². The molecule has 2 nitrogen and oxygen atoms in total. The predicted molar refractivity (Wildman–Crippen MR) is 61.8 cm³/mol. The summed E-state index contributed by atoms with van der Waals surface area (Å²) in [5.74, 6) is 1.69. The molecule has 3 heteroatoms. The van der Waals surface area contributed by atoms with Crippen LogP contribution >= 0.6 is 0 Å². The van der Waals surface area contributed by atoms with E-state index in [0.717, 1.165) is 11.8 Å². The van der Waals surface area contributed by atoms with Crippen LogP contribution in [0.15, 0.2) is 0 Å². The van der Waals surface area contributed by atoms with E-state index in [2.05, 4.69) is 32.8 Å². The Morgan fingerprint density at radius 3 is 1.93 bits per heavy atom. The summed E-state index contributed by atoms with van der Waals surface area (Å²) in [5.41, 5.74) is 0. The van der Waals surface area contributed by atoms with Crippen molar-refractivity contribution in [3.63, 3.8) is 0 Å².